The molecular weight excluding hydrogens is 194 g/mol. The van der Waals surface area contributed by atoms with E-state index in [4.69, 9.17) is 5.11 Å². The minimum atomic E-state index is -1.06. The molecule has 4 heteroatoms. The topological polar surface area (TPSA) is 23.5 Å². The van der Waals surface area contributed by atoms with Crippen LogP contribution in [0, 0.1) is 0 Å². The highest BCUT2D eigenvalue weighted by Gasteiger charge is 2.46. The van der Waals surface area contributed by atoms with Gasteiger partial charge >= 0.3 is 0 Å². The summed E-state index contributed by atoms with van der Waals surface area (Å²) in [6, 6.07) is 2.94. The van der Waals surface area contributed by atoms with E-state index in [1.807, 2.05) is 0 Å². The number of hydrogen-bond acceptors (Lipinski definition) is 2. The molecule has 0 aliphatic carbocycles. The predicted molar refractivity (Wildman–Crippen MR) is 63.0 cm³/mol. The number of aliphatic hydroxyl groups is 1. The highest BCUT2D eigenvalue weighted by atomic mass is 28.4. The van der Waals surface area contributed by atoms with Crippen molar-refractivity contribution >= 4 is 16.5 Å². The number of hydrogen-bond donors (Lipinski definition) is 1. The molecule has 0 saturated carbocycles. The Bertz CT molecular complexity index is 166. The van der Waals surface area contributed by atoms with Crippen LogP contribution >= 0.6 is 0 Å². The SMILES string of the molecule is C[Si]1(C)CC[Si](C)(C)N1CCCO. The van der Waals surface area contributed by atoms with E-state index in [0.29, 0.717) is 6.61 Å². The Morgan fingerprint density at radius 3 is 1.92 bits per heavy atom. The van der Waals surface area contributed by atoms with Crippen LogP contribution in [-0.4, -0.2) is 39.0 Å². The second kappa shape index (κ2) is 3.84. The van der Waals surface area contributed by atoms with Gasteiger partial charge in [0.1, 0.15) is 16.5 Å². The van der Waals surface area contributed by atoms with Gasteiger partial charge in [-0.25, -0.2) is 0 Å². The van der Waals surface area contributed by atoms with Crippen LogP contribution in [0.25, 0.3) is 0 Å². The molecule has 0 bridgehead atoms. The lowest BCUT2D eigenvalue weighted by Crippen LogP contribution is -2.55. The number of rotatable bonds is 3. The van der Waals surface area contributed by atoms with Gasteiger partial charge in [0.2, 0.25) is 0 Å². The fourth-order valence-electron chi connectivity index (χ4n) is 2.54. The monoisotopic (exact) mass is 217 g/mol. The van der Waals surface area contributed by atoms with Crippen LogP contribution in [0.15, 0.2) is 0 Å². The fourth-order valence-corrected chi connectivity index (χ4v) is 16.7. The minimum absolute atomic E-state index is 0.353. The number of nitrogens with zero attached hydrogens (tertiary/aromatic N) is 1. The zero-order valence-electron chi connectivity index (χ0n) is 9.43. The first-order chi connectivity index (χ1) is 5.90. The summed E-state index contributed by atoms with van der Waals surface area (Å²) in [5, 5.41) is 8.87. The Hall–Kier alpha value is 0.354. The van der Waals surface area contributed by atoms with E-state index in [9.17, 15) is 0 Å². The van der Waals surface area contributed by atoms with Crippen LogP contribution in [0.5, 0.6) is 0 Å². The van der Waals surface area contributed by atoms with Crippen molar-refractivity contribution in [2.75, 3.05) is 13.2 Å². The summed E-state index contributed by atoms with van der Waals surface area (Å²) >= 11 is 0. The van der Waals surface area contributed by atoms with Crippen molar-refractivity contribution in [1.82, 2.24) is 4.23 Å². The molecule has 0 spiro atoms. The van der Waals surface area contributed by atoms with Crippen molar-refractivity contribution in [2.24, 2.45) is 0 Å². The van der Waals surface area contributed by atoms with Crippen molar-refractivity contribution in [3.8, 4) is 0 Å². The summed E-state index contributed by atoms with van der Waals surface area (Å²) in [5.74, 6) is 0. The molecule has 1 heterocycles. The Morgan fingerprint density at radius 2 is 1.54 bits per heavy atom. The van der Waals surface area contributed by atoms with Crippen LogP contribution in [0.3, 0.4) is 0 Å². The zero-order valence-corrected chi connectivity index (χ0v) is 11.4. The van der Waals surface area contributed by atoms with E-state index in [1.54, 1.807) is 0 Å². The van der Waals surface area contributed by atoms with Crippen molar-refractivity contribution in [2.45, 2.75) is 44.7 Å². The molecular formula is C9H23NOSi2. The van der Waals surface area contributed by atoms with Gasteiger partial charge in [0.25, 0.3) is 0 Å². The molecule has 13 heavy (non-hydrogen) atoms. The molecule has 0 atom stereocenters. The molecule has 0 aromatic carbocycles. The molecule has 0 aromatic heterocycles. The average molecular weight is 217 g/mol. The normalized spacial score (nSPS) is 26.5. The summed E-state index contributed by atoms with van der Waals surface area (Å²) in [6.07, 6.45) is 0.965. The molecule has 0 amide bonds. The van der Waals surface area contributed by atoms with Crippen molar-refractivity contribution < 1.29 is 5.11 Å². The summed E-state index contributed by atoms with van der Waals surface area (Å²) in [5.41, 5.74) is 0. The Morgan fingerprint density at radius 1 is 1.08 bits per heavy atom. The van der Waals surface area contributed by atoms with Gasteiger partial charge in [0.15, 0.2) is 0 Å². The third-order valence-corrected chi connectivity index (χ3v) is 13.8. The van der Waals surface area contributed by atoms with E-state index in [1.165, 1.54) is 12.1 Å². The van der Waals surface area contributed by atoms with Gasteiger partial charge in [-0.3, -0.25) is 0 Å². The molecule has 1 saturated heterocycles. The molecule has 0 unspecified atom stereocenters. The molecule has 1 N–H and O–H groups in total. The van der Waals surface area contributed by atoms with E-state index in [-0.39, 0.29) is 0 Å². The van der Waals surface area contributed by atoms with E-state index >= 15 is 0 Å². The zero-order chi connectivity index (χ0) is 10.1. The lowest BCUT2D eigenvalue weighted by Gasteiger charge is -2.38. The van der Waals surface area contributed by atoms with Gasteiger partial charge in [-0.15, -0.1) is 0 Å². The van der Waals surface area contributed by atoms with E-state index in [2.05, 4.69) is 30.4 Å². The Balaban J connectivity index is 2.64. The summed E-state index contributed by atoms with van der Waals surface area (Å²) in [6.45, 7) is 11.4. The first-order valence-electron chi connectivity index (χ1n) is 5.29. The summed E-state index contributed by atoms with van der Waals surface area (Å²) in [4.78, 5) is 0. The van der Waals surface area contributed by atoms with E-state index < -0.39 is 16.5 Å². The number of aliphatic hydroxyl groups excluding tert-OH is 1. The molecule has 78 valence electrons. The van der Waals surface area contributed by atoms with Gasteiger partial charge in [0, 0.05) is 6.61 Å². The molecule has 0 aromatic rings. The van der Waals surface area contributed by atoms with Gasteiger partial charge in [-0.2, -0.15) is 0 Å². The molecule has 0 radical (unpaired) electrons. The molecule has 1 aliphatic heterocycles. The molecule has 2 nitrogen and oxygen atoms in total. The van der Waals surface area contributed by atoms with Crippen LogP contribution in [0.4, 0.5) is 0 Å². The first-order valence-corrected chi connectivity index (χ1v) is 11.6. The van der Waals surface area contributed by atoms with Gasteiger partial charge in [-0.1, -0.05) is 26.2 Å². The average Bonchev–Trinajstić information content (AvgIpc) is 2.20. The lowest BCUT2D eigenvalue weighted by molar-refractivity contribution is 0.281. The predicted octanol–water partition coefficient (Wildman–Crippen LogP) is 2.09. The fraction of sp³-hybridized carbons (Fsp3) is 1.00. The summed E-state index contributed by atoms with van der Waals surface area (Å²) in [7, 11) is -2.12. The highest BCUT2D eigenvalue weighted by Crippen LogP contribution is 2.36. The second-order valence-corrected chi connectivity index (χ2v) is 15.1. The first kappa shape index (κ1) is 11.4. The minimum Gasteiger partial charge on any atom is -0.396 e. The van der Waals surface area contributed by atoms with Gasteiger partial charge < -0.3 is 9.34 Å². The smallest absolute Gasteiger partial charge is 0.115 e. The largest absolute Gasteiger partial charge is 0.396 e. The third kappa shape index (κ3) is 2.43. The quantitative estimate of drug-likeness (QED) is 0.732. The van der Waals surface area contributed by atoms with Crippen LogP contribution < -0.4 is 0 Å². The second-order valence-electron chi connectivity index (χ2n) is 5.35. The maximum absolute atomic E-state index is 8.87. The summed E-state index contributed by atoms with van der Waals surface area (Å²) < 4.78 is 2.82. The van der Waals surface area contributed by atoms with Crippen LogP contribution in [-0.2, 0) is 0 Å². The van der Waals surface area contributed by atoms with E-state index in [0.717, 1.165) is 13.0 Å². The van der Waals surface area contributed by atoms with Gasteiger partial charge in [0.05, 0.1) is 0 Å². The molecule has 1 aliphatic rings. The van der Waals surface area contributed by atoms with Crippen LogP contribution in [0.1, 0.15) is 6.42 Å². The van der Waals surface area contributed by atoms with Crippen LogP contribution in [0.2, 0.25) is 38.3 Å². The van der Waals surface area contributed by atoms with Gasteiger partial charge in [-0.05, 0) is 25.1 Å². The maximum Gasteiger partial charge on any atom is 0.115 e. The standard InChI is InChI=1S/C9H23NOSi2/c1-12(2)8-9-13(3,4)10(12)6-5-7-11/h11H,5-9H2,1-4H3. The van der Waals surface area contributed by atoms with Crippen molar-refractivity contribution in [3.05, 3.63) is 0 Å². The Kier molecular flexibility index (Phi) is 3.38. The van der Waals surface area contributed by atoms with Crippen molar-refractivity contribution in [1.29, 1.82) is 0 Å². The lowest BCUT2D eigenvalue weighted by atomic mass is 10.5. The molecule has 1 rings (SSSR count). The van der Waals surface area contributed by atoms with Crippen molar-refractivity contribution in [3.63, 3.8) is 0 Å². The third-order valence-electron chi connectivity index (χ3n) is 3.35. The Labute approximate surface area is 84.1 Å². The molecule has 1 fully saturated rings. The highest BCUT2D eigenvalue weighted by molar-refractivity contribution is 6.95. The maximum atomic E-state index is 8.87.